The molecule has 0 bridgehead atoms. The van der Waals surface area contributed by atoms with Gasteiger partial charge in [-0.25, -0.2) is 0 Å². The Kier molecular flexibility index (Phi) is 6.91. The van der Waals surface area contributed by atoms with Crippen LogP contribution in [0.5, 0.6) is 0 Å². The number of benzene rings is 1. The number of hydrogen-bond donors (Lipinski definition) is 2. The number of nitrogens with zero attached hydrogens (tertiary/aromatic N) is 3. The van der Waals surface area contributed by atoms with Gasteiger partial charge in [0, 0.05) is 24.2 Å². The van der Waals surface area contributed by atoms with Gasteiger partial charge in [0.15, 0.2) is 5.16 Å². The van der Waals surface area contributed by atoms with E-state index in [0.717, 1.165) is 36.0 Å². The zero-order valence-electron chi connectivity index (χ0n) is 13.2. The summed E-state index contributed by atoms with van der Waals surface area (Å²) in [7, 11) is 1.88. The van der Waals surface area contributed by atoms with Gasteiger partial charge < -0.3 is 15.2 Å². The molecule has 130 valence electrons. The fourth-order valence-corrected chi connectivity index (χ4v) is 3.51. The molecule has 6 nitrogen and oxygen atoms in total. The van der Waals surface area contributed by atoms with Crippen molar-refractivity contribution in [2.75, 3.05) is 18.4 Å². The minimum absolute atomic E-state index is 0. The summed E-state index contributed by atoms with van der Waals surface area (Å²) >= 11 is 7.76. The second-order valence-electron chi connectivity index (χ2n) is 5.50. The van der Waals surface area contributed by atoms with Crippen LogP contribution in [0.3, 0.4) is 0 Å². The van der Waals surface area contributed by atoms with E-state index in [-0.39, 0.29) is 24.2 Å². The summed E-state index contributed by atoms with van der Waals surface area (Å²) in [5.41, 5.74) is 0.716. The molecule has 0 saturated carbocycles. The van der Waals surface area contributed by atoms with Crippen molar-refractivity contribution in [3.63, 3.8) is 0 Å². The van der Waals surface area contributed by atoms with Crippen molar-refractivity contribution < 1.29 is 4.79 Å². The van der Waals surface area contributed by atoms with Crippen molar-refractivity contribution in [1.82, 2.24) is 20.1 Å². The van der Waals surface area contributed by atoms with E-state index in [1.54, 1.807) is 12.4 Å². The van der Waals surface area contributed by atoms with E-state index in [2.05, 4.69) is 20.8 Å². The third kappa shape index (κ3) is 4.63. The lowest BCUT2D eigenvalue weighted by molar-refractivity contribution is -0.120. The molecular weight excluding hydrogens is 369 g/mol. The topological polar surface area (TPSA) is 71.8 Å². The molecule has 1 unspecified atom stereocenters. The summed E-state index contributed by atoms with van der Waals surface area (Å²) in [4.78, 5) is 13.1. The van der Waals surface area contributed by atoms with Gasteiger partial charge in [0.25, 0.3) is 0 Å². The molecule has 1 fully saturated rings. The van der Waals surface area contributed by atoms with E-state index in [9.17, 15) is 4.79 Å². The van der Waals surface area contributed by atoms with Crippen LogP contribution in [0.15, 0.2) is 34.6 Å². The number of nitrogens with one attached hydrogen (secondary N) is 2. The Morgan fingerprint density at radius 2 is 2.33 bits per heavy atom. The van der Waals surface area contributed by atoms with Crippen molar-refractivity contribution >= 4 is 47.4 Å². The second kappa shape index (κ2) is 8.71. The third-order valence-corrected chi connectivity index (χ3v) is 5.29. The summed E-state index contributed by atoms with van der Waals surface area (Å²) in [5.74, 6) is 0.0668. The smallest absolute Gasteiger partial charge is 0.228 e. The molecule has 1 aromatic heterocycles. The van der Waals surface area contributed by atoms with Crippen LogP contribution in [-0.2, 0) is 11.8 Å². The molecule has 1 aliphatic heterocycles. The summed E-state index contributed by atoms with van der Waals surface area (Å²) in [6.45, 7) is 1.73. The van der Waals surface area contributed by atoms with Gasteiger partial charge in [-0.15, -0.1) is 22.6 Å². The molecule has 1 aromatic carbocycles. The van der Waals surface area contributed by atoms with Gasteiger partial charge in [-0.1, -0.05) is 11.6 Å². The predicted octanol–water partition coefficient (Wildman–Crippen LogP) is 2.98. The van der Waals surface area contributed by atoms with Crippen LogP contribution in [0.4, 0.5) is 5.69 Å². The Balaban J connectivity index is 0.00000208. The number of rotatable bonds is 4. The molecular formula is C15H19Cl2N5OS. The number of amides is 1. The average Bonchev–Trinajstić information content (AvgIpc) is 2.96. The summed E-state index contributed by atoms with van der Waals surface area (Å²) in [6, 6.07) is 5.52. The summed E-state index contributed by atoms with van der Waals surface area (Å²) in [6.07, 6.45) is 3.60. The van der Waals surface area contributed by atoms with E-state index in [1.807, 2.05) is 23.7 Å². The molecule has 1 saturated heterocycles. The van der Waals surface area contributed by atoms with E-state index in [1.165, 1.54) is 11.8 Å². The molecule has 3 rings (SSSR count). The molecule has 1 atom stereocenters. The van der Waals surface area contributed by atoms with E-state index < -0.39 is 0 Å². The molecule has 2 N–H and O–H groups in total. The predicted molar refractivity (Wildman–Crippen MR) is 98.0 cm³/mol. The van der Waals surface area contributed by atoms with Gasteiger partial charge >= 0.3 is 0 Å². The Labute approximate surface area is 156 Å². The van der Waals surface area contributed by atoms with Crippen molar-refractivity contribution in [3.8, 4) is 0 Å². The first-order valence-electron chi connectivity index (χ1n) is 7.46. The minimum Gasteiger partial charge on any atom is -0.326 e. The minimum atomic E-state index is 0. The quantitative estimate of drug-likeness (QED) is 0.843. The van der Waals surface area contributed by atoms with Crippen molar-refractivity contribution in [1.29, 1.82) is 0 Å². The lowest BCUT2D eigenvalue weighted by Crippen LogP contribution is -2.37. The highest BCUT2D eigenvalue weighted by atomic mass is 35.5. The Hall–Kier alpha value is -1.28. The highest BCUT2D eigenvalue weighted by Crippen LogP contribution is 2.33. The van der Waals surface area contributed by atoms with Gasteiger partial charge in [0.2, 0.25) is 5.91 Å². The Bertz CT molecular complexity index is 703. The number of hydrogen-bond acceptors (Lipinski definition) is 5. The van der Waals surface area contributed by atoms with Crippen LogP contribution in [0, 0.1) is 5.92 Å². The maximum absolute atomic E-state index is 12.2. The Morgan fingerprint density at radius 3 is 2.96 bits per heavy atom. The maximum atomic E-state index is 12.2. The fourth-order valence-electron chi connectivity index (χ4n) is 2.44. The van der Waals surface area contributed by atoms with Crippen LogP contribution in [0.1, 0.15) is 12.8 Å². The molecule has 2 aromatic rings. The largest absolute Gasteiger partial charge is 0.326 e. The number of aromatic nitrogens is 3. The van der Waals surface area contributed by atoms with Gasteiger partial charge in [0.1, 0.15) is 6.33 Å². The molecule has 9 heteroatoms. The fraction of sp³-hybridized carbons (Fsp3) is 0.400. The van der Waals surface area contributed by atoms with Crippen LogP contribution < -0.4 is 10.6 Å². The van der Waals surface area contributed by atoms with Crippen LogP contribution >= 0.6 is 35.8 Å². The number of carbonyl (C=O) groups excluding carboxylic acids is 1. The van der Waals surface area contributed by atoms with E-state index in [4.69, 9.17) is 11.6 Å². The summed E-state index contributed by atoms with van der Waals surface area (Å²) in [5, 5.41) is 15.4. The third-order valence-electron chi connectivity index (χ3n) is 3.74. The Morgan fingerprint density at radius 1 is 1.50 bits per heavy atom. The van der Waals surface area contributed by atoms with Crippen LogP contribution in [0.25, 0.3) is 0 Å². The lowest BCUT2D eigenvalue weighted by Gasteiger charge is -2.22. The van der Waals surface area contributed by atoms with Crippen molar-refractivity contribution in [2.24, 2.45) is 13.0 Å². The first-order chi connectivity index (χ1) is 11.1. The molecule has 1 amide bonds. The number of halogens is 2. The zero-order chi connectivity index (χ0) is 16.2. The average molecular weight is 388 g/mol. The van der Waals surface area contributed by atoms with Gasteiger partial charge in [-0.2, -0.15) is 0 Å². The van der Waals surface area contributed by atoms with Gasteiger partial charge in [0.05, 0.1) is 10.9 Å². The molecule has 24 heavy (non-hydrogen) atoms. The number of aryl methyl sites for hydroxylation is 1. The monoisotopic (exact) mass is 387 g/mol. The number of anilines is 1. The number of piperidine rings is 1. The molecule has 0 spiro atoms. The molecule has 2 heterocycles. The van der Waals surface area contributed by atoms with Gasteiger partial charge in [-0.3, -0.25) is 4.79 Å². The standard InChI is InChI=1S/C15H18ClN5OS.ClH/c1-21-9-18-20-15(21)23-13-5-4-11(7-12(13)16)19-14(22)10-3-2-6-17-8-10;/h4-5,7,9-10,17H,2-3,6,8H2,1H3,(H,19,22);1H. The first kappa shape index (κ1) is 19.1. The van der Waals surface area contributed by atoms with E-state index in [0.29, 0.717) is 10.7 Å². The first-order valence-corrected chi connectivity index (χ1v) is 8.66. The van der Waals surface area contributed by atoms with Crippen molar-refractivity contribution in [2.45, 2.75) is 22.9 Å². The van der Waals surface area contributed by atoms with Crippen LogP contribution in [0.2, 0.25) is 5.02 Å². The maximum Gasteiger partial charge on any atom is 0.228 e. The SMILES string of the molecule is Cl.Cn1cnnc1Sc1ccc(NC(=O)C2CCCNC2)cc1Cl. The van der Waals surface area contributed by atoms with Gasteiger partial charge in [-0.05, 0) is 49.3 Å². The van der Waals surface area contributed by atoms with Crippen molar-refractivity contribution in [3.05, 3.63) is 29.5 Å². The normalized spacial score (nSPS) is 17.2. The lowest BCUT2D eigenvalue weighted by atomic mass is 9.99. The molecule has 0 radical (unpaired) electrons. The summed E-state index contributed by atoms with van der Waals surface area (Å²) < 4.78 is 1.83. The zero-order valence-corrected chi connectivity index (χ0v) is 15.5. The highest BCUT2D eigenvalue weighted by Gasteiger charge is 2.21. The highest BCUT2D eigenvalue weighted by molar-refractivity contribution is 7.99. The molecule has 1 aliphatic rings. The number of carbonyl (C=O) groups is 1. The second-order valence-corrected chi connectivity index (χ2v) is 6.92. The molecule has 0 aliphatic carbocycles. The van der Waals surface area contributed by atoms with E-state index >= 15 is 0 Å². The van der Waals surface area contributed by atoms with Crippen LogP contribution in [-0.4, -0.2) is 33.8 Å².